The molecule has 0 radical (unpaired) electrons. The second-order valence-electron chi connectivity index (χ2n) is 20.1. The molecule has 1 unspecified atom stereocenters. The Balaban J connectivity index is 1.62. The maximum Gasteiger partial charge on any atom is 0.351 e. The summed E-state index contributed by atoms with van der Waals surface area (Å²) in [5.74, 6) is -5.98. The number of hydrogen-bond donors (Lipinski definition) is 4. The van der Waals surface area contributed by atoms with Crippen LogP contribution in [-0.2, 0) is 44.8 Å². The molecule has 2 aromatic rings. The van der Waals surface area contributed by atoms with Gasteiger partial charge in [0.05, 0.1) is 29.7 Å². The van der Waals surface area contributed by atoms with Crippen LogP contribution in [-0.4, -0.2) is 128 Å². The van der Waals surface area contributed by atoms with Gasteiger partial charge in [-0.1, -0.05) is 52.8 Å². The van der Waals surface area contributed by atoms with E-state index < -0.39 is 82.8 Å². The van der Waals surface area contributed by atoms with Crippen LogP contribution in [0.4, 0.5) is 10.2 Å². The lowest BCUT2D eigenvalue weighted by Crippen LogP contribution is -2.59. The number of thiazole rings is 1. The van der Waals surface area contributed by atoms with E-state index in [9.17, 15) is 29.4 Å². The molecular formula is C49H74FN7O10S. The number of aromatic nitrogens is 2. The number of pyridine rings is 1. The maximum absolute atomic E-state index is 17.1. The number of fused-ring (bicyclic) bond motifs is 5. The molecule has 1 aliphatic carbocycles. The molecule has 0 aromatic carbocycles. The van der Waals surface area contributed by atoms with Crippen molar-refractivity contribution in [1.82, 2.24) is 14.9 Å². The van der Waals surface area contributed by atoms with Crippen molar-refractivity contribution in [2.45, 2.75) is 181 Å². The number of esters is 1. The number of oxime groups is 1. The molecule has 3 fully saturated rings. The van der Waals surface area contributed by atoms with E-state index in [4.69, 9.17) is 39.9 Å². The van der Waals surface area contributed by atoms with E-state index in [2.05, 4.69) is 10.3 Å². The first-order valence-corrected chi connectivity index (χ1v) is 24.8. The number of ether oxygens (including phenoxy) is 3. The number of alkyl halides is 1. The van der Waals surface area contributed by atoms with Gasteiger partial charge in [0.25, 0.3) is 5.67 Å². The fourth-order valence-electron chi connectivity index (χ4n) is 10.3. The van der Waals surface area contributed by atoms with E-state index in [1.165, 1.54) is 18.3 Å². The van der Waals surface area contributed by atoms with Gasteiger partial charge in [0.15, 0.2) is 18.7 Å². The predicted molar refractivity (Wildman–Crippen MR) is 257 cm³/mol. The standard InChI is InChI=1S/C49H74FN7O10S/c1-13-36-49(10,63)33-19-18-31(56-64-24-32-25-68-44(52-32)34-16-15-17-37(53-34)54-43(61)30(7)51)20-21-47(8,23-26(3)39(28(33)5)55-38(58)14-2)42(29(6)41(60)48(9,50)46(62)66-36)67-45-40(59)35(57(11)12)22-27(4)65-45/h15-17,25-30,33,35-36,40,42,45,59,63H,13-14,18-24,51H2,1-12H3,(H,53,54,61)/b55-39+,56-31+/t26-,27-,28-,29?,30+,33-,35+,36-,40-,42-,45+,47-,48+,49+/m1/s1. The van der Waals surface area contributed by atoms with Gasteiger partial charge >= 0.3 is 5.97 Å². The molecule has 2 saturated heterocycles. The maximum atomic E-state index is 17.1. The molecule has 0 spiro atoms. The van der Waals surface area contributed by atoms with Gasteiger partial charge in [-0.3, -0.25) is 14.4 Å². The lowest BCUT2D eigenvalue weighted by atomic mass is 9.65. The number of cyclic esters (lactones) is 1. The molecule has 4 heterocycles. The lowest BCUT2D eigenvalue weighted by Gasteiger charge is -2.48. The second kappa shape index (κ2) is 22.8. The smallest absolute Gasteiger partial charge is 0.351 e. The normalized spacial score (nSPS) is 36.1. The van der Waals surface area contributed by atoms with Crippen molar-refractivity contribution < 1.29 is 52.8 Å². The summed E-state index contributed by atoms with van der Waals surface area (Å²) in [5, 5.41) is 34.2. The zero-order chi connectivity index (χ0) is 50.5. The summed E-state index contributed by atoms with van der Waals surface area (Å²) in [7, 11) is 3.69. The van der Waals surface area contributed by atoms with E-state index >= 15 is 4.39 Å². The fraction of sp³-hybridized carbons (Fsp3) is 0.714. The number of anilines is 1. The fourth-order valence-corrected chi connectivity index (χ4v) is 11.0. The predicted octanol–water partition coefficient (Wildman–Crippen LogP) is 6.43. The average molecular weight is 972 g/mol. The van der Waals surface area contributed by atoms with Crippen molar-refractivity contribution in [3.05, 3.63) is 29.3 Å². The van der Waals surface area contributed by atoms with Crippen LogP contribution >= 0.6 is 11.3 Å². The molecular weight excluding hydrogens is 898 g/mol. The lowest BCUT2D eigenvalue weighted by molar-refractivity contribution is -0.287. The van der Waals surface area contributed by atoms with E-state index in [0.29, 0.717) is 46.5 Å². The number of halogens is 1. The van der Waals surface area contributed by atoms with Gasteiger partial charge in [0, 0.05) is 35.4 Å². The number of ketones is 1. The third-order valence-electron chi connectivity index (χ3n) is 14.2. The van der Waals surface area contributed by atoms with Crippen LogP contribution in [0.3, 0.4) is 0 Å². The van der Waals surface area contributed by atoms with Crippen LogP contribution in [0, 0.1) is 29.1 Å². The molecule has 2 bridgehead atoms. The Kier molecular flexibility index (Phi) is 18.3. The van der Waals surface area contributed by atoms with Crippen molar-refractivity contribution in [3.63, 3.8) is 0 Å². The summed E-state index contributed by atoms with van der Waals surface area (Å²) in [6, 6.07) is 4.11. The van der Waals surface area contributed by atoms with Crippen molar-refractivity contribution in [2.75, 3.05) is 19.4 Å². The van der Waals surface area contributed by atoms with Crippen LogP contribution in [0.5, 0.6) is 0 Å². The van der Waals surface area contributed by atoms with E-state index in [1.807, 2.05) is 52.1 Å². The van der Waals surface area contributed by atoms with Gasteiger partial charge in [-0.25, -0.2) is 24.1 Å². The van der Waals surface area contributed by atoms with Gasteiger partial charge < -0.3 is 45.2 Å². The summed E-state index contributed by atoms with van der Waals surface area (Å²) < 4.78 is 36.1. The number of nitrogens with two attached hydrogens (primary N) is 1. The highest BCUT2D eigenvalue weighted by molar-refractivity contribution is 7.13. The van der Waals surface area contributed by atoms with Crippen molar-refractivity contribution in [3.8, 4) is 10.7 Å². The van der Waals surface area contributed by atoms with Crippen LogP contribution in [0.1, 0.15) is 126 Å². The topological polar surface area (TPSA) is 237 Å². The first-order chi connectivity index (χ1) is 31.8. The van der Waals surface area contributed by atoms with Gasteiger partial charge in [0.2, 0.25) is 11.8 Å². The molecule has 19 heteroatoms. The quantitative estimate of drug-likeness (QED) is 0.108. The minimum atomic E-state index is -3.15. The highest BCUT2D eigenvalue weighted by atomic mass is 32.1. The minimum absolute atomic E-state index is 0.00868. The van der Waals surface area contributed by atoms with Crippen LogP contribution < -0.4 is 11.1 Å². The number of nitrogens with zero attached hydrogens (tertiary/aromatic N) is 5. The number of hydrogen-bond acceptors (Lipinski definition) is 16. The number of carbonyl (C=O) groups is 4. The summed E-state index contributed by atoms with van der Waals surface area (Å²) in [4.78, 5) is 76.0. The van der Waals surface area contributed by atoms with Crippen LogP contribution in [0.2, 0.25) is 0 Å². The Morgan fingerprint density at radius 3 is 2.46 bits per heavy atom. The summed E-state index contributed by atoms with van der Waals surface area (Å²) in [5.41, 5.74) is 1.93. The number of aliphatic hydroxyl groups excluding tert-OH is 1. The van der Waals surface area contributed by atoms with E-state index in [1.54, 1.807) is 45.9 Å². The number of aliphatic imine (C=N–C) groups is 1. The Bertz CT molecular complexity index is 2160. The number of Topliss-reactive ketones (excluding diaryl/α,β-unsaturated/α-hetero) is 1. The largest absolute Gasteiger partial charge is 0.457 e. The molecule has 5 N–H and O–H groups in total. The number of likely N-dealkylation sites (N-methyl/N-ethyl adjacent to an activating group) is 1. The average Bonchev–Trinajstić information content (AvgIpc) is 3.76. The molecule has 378 valence electrons. The Labute approximate surface area is 404 Å². The van der Waals surface area contributed by atoms with Crippen LogP contribution in [0.15, 0.2) is 33.7 Å². The highest BCUT2D eigenvalue weighted by Crippen LogP contribution is 2.47. The summed E-state index contributed by atoms with van der Waals surface area (Å²) in [6.07, 6.45) is -3.10. The Hall–Kier alpha value is -4.11. The van der Waals surface area contributed by atoms with Gasteiger partial charge in [0.1, 0.15) is 34.3 Å². The van der Waals surface area contributed by atoms with Gasteiger partial charge in [-0.2, -0.15) is 0 Å². The molecule has 2 amide bonds. The van der Waals surface area contributed by atoms with E-state index in [-0.39, 0.29) is 69.1 Å². The van der Waals surface area contributed by atoms with Crippen molar-refractivity contribution in [1.29, 1.82) is 0 Å². The van der Waals surface area contributed by atoms with E-state index in [0.717, 1.165) is 6.92 Å². The summed E-state index contributed by atoms with van der Waals surface area (Å²) in [6.45, 7) is 16.6. The minimum Gasteiger partial charge on any atom is -0.457 e. The second-order valence-corrected chi connectivity index (χ2v) is 20.9. The molecule has 3 aliphatic rings. The third kappa shape index (κ3) is 12.6. The molecule has 17 nitrogen and oxygen atoms in total. The van der Waals surface area contributed by atoms with Gasteiger partial charge in [-0.05, 0) is 116 Å². The number of aliphatic hydroxyl groups is 2. The number of carbonyl (C=O) groups excluding carboxylic acids is 4. The summed E-state index contributed by atoms with van der Waals surface area (Å²) >= 11 is 1.34. The van der Waals surface area contributed by atoms with Crippen molar-refractivity contribution in [2.24, 2.45) is 45.0 Å². The molecule has 68 heavy (non-hydrogen) atoms. The molecule has 1 saturated carbocycles. The SMILES string of the molecule is CCC(=O)/N=C1\[C@H](C)C[C@@]2(C)CC/C(=N/OCc3csc(-c4cccc(NC(=O)[C@H](C)N)n4)n3)CC[C@H]([C@H]1C)[C@](C)(O)[C@@H](CC)OC(=O)[C@@](C)(F)C(=O)C(C)[C@H]2O[C@@H]1O[C@H](C)C[C@H](N(C)C)[C@H]1O. The zero-order valence-corrected chi connectivity index (χ0v) is 42.6. The highest BCUT2D eigenvalue weighted by Gasteiger charge is 2.56. The molecule has 2 aliphatic heterocycles. The molecule has 5 rings (SSSR count). The van der Waals surface area contributed by atoms with Crippen LogP contribution in [0.25, 0.3) is 10.7 Å². The molecule has 14 atom stereocenters. The van der Waals surface area contributed by atoms with Gasteiger partial charge in [-0.15, -0.1) is 11.3 Å². The monoisotopic (exact) mass is 972 g/mol. The van der Waals surface area contributed by atoms with Crippen molar-refractivity contribution >= 4 is 52.1 Å². The first-order valence-electron chi connectivity index (χ1n) is 23.9. The zero-order valence-electron chi connectivity index (χ0n) is 41.8. The first kappa shape index (κ1) is 54.8. The molecule has 2 aromatic heterocycles. The number of rotatable bonds is 11. The number of amides is 2. The Morgan fingerprint density at radius 2 is 1.81 bits per heavy atom. The third-order valence-corrected chi connectivity index (χ3v) is 15.1. The Morgan fingerprint density at radius 1 is 1.10 bits per heavy atom. The number of nitrogens with one attached hydrogen (secondary N) is 1.